The number of nitrogens with two attached hydrogens (primary N) is 1. The molecular formula is C6H12N2O2. The predicted molar refractivity (Wildman–Crippen MR) is 41.5 cm³/mol. The molecule has 4 heteroatoms. The summed E-state index contributed by atoms with van der Waals surface area (Å²) in [4.78, 5) is 0. The summed E-state index contributed by atoms with van der Waals surface area (Å²) in [5.74, 6) is 5.10. The summed E-state index contributed by atoms with van der Waals surface area (Å²) in [6.45, 7) is 0. The SMILES string of the molecule is NNc1ccccc1.O.O. The largest absolute Gasteiger partial charge is 0.412 e. The molecule has 4 nitrogen and oxygen atoms in total. The number of hydrogen-bond donors (Lipinski definition) is 2. The van der Waals surface area contributed by atoms with Crippen molar-refractivity contribution in [3.8, 4) is 0 Å². The van der Waals surface area contributed by atoms with Crippen LogP contribution in [0.25, 0.3) is 0 Å². The third-order valence-electron chi connectivity index (χ3n) is 0.940. The van der Waals surface area contributed by atoms with Crippen LogP contribution in [-0.4, -0.2) is 11.0 Å². The second-order valence-corrected chi connectivity index (χ2v) is 1.51. The minimum Gasteiger partial charge on any atom is -0.412 e. The van der Waals surface area contributed by atoms with E-state index in [-0.39, 0.29) is 11.0 Å². The molecule has 0 unspecified atom stereocenters. The smallest absolute Gasteiger partial charge is 0.0485 e. The normalized spacial score (nSPS) is 6.90. The molecule has 0 saturated carbocycles. The van der Waals surface area contributed by atoms with Crippen molar-refractivity contribution in [2.24, 2.45) is 5.84 Å². The van der Waals surface area contributed by atoms with Gasteiger partial charge in [0.05, 0.1) is 0 Å². The van der Waals surface area contributed by atoms with Gasteiger partial charge in [0.25, 0.3) is 0 Å². The van der Waals surface area contributed by atoms with Gasteiger partial charge in [0.1, 0.15) is 0 Å². The Hall–Kier alpha value is -1.10. The number of nitrogens with one attached hydrogen (secondary N) is 1. The van der Waals surface area contributed by atoms with E-state index in [0.717, 1.165) is 5.69 Å². The molecule has 0 aliphatic heterocycles. The van der Waals surface area contributed by atoms with Crippen molar-refractivity contribution in [3.63, 3.8) is 0 Å². The van der Waals surface area contributed by atoms with Gasteiger partial charge in [-0.2, -0.15) is 0 Å². The second kappa shape index (κ2) is 6.03. The van der Waals surface area contributed by atoms with E-state index in [1.165, 1.54) is 0 Å². The summed E-state index contributed by atoms with van der Waals surface area (Å²) in [6.07, 6.45) is 0. The van der Waals surface area contributed by atoms with E-state index in [2.05, 4.69) is 5.43 Å². The molecule has 0 saturated heterocycles. The van der Waals surface area contributed by atoms with Crippen molar-refractivity contribution in [3.05, 3.63) is 30.3 Å². The van der Waals surface area contributed by atoms with Crippen LogP contribution < -0.4 is 11.3 Å². The van der Waals surface area contributed by atoms with Crippen LogP contribution in [0.2, 0.25) is 0 Å². The number of hydrogen-bond acceptors (Lipinski definition) is 2. The second-order valence-electron chi connectivity index (χ2n) is 1.51. The van der Waals surface area contributed by atoms with E-state index >= 15 is 0 Å². The number of benzene rings is 1. The number of hydrazine groups is 1. The van der Waals surface area contributed by atoms with E-state index in [1.54, 1.807) is 0 Å². The van der Waals surface area contributed by atoms with Gasteiger partial charge in [-0.05, 0) is 12.1 Å². The zero-order chi connectivity index (χ0) is 5.82. The molecule has 0 bridgehead atoms. The van der Waals surface area contributed by atoms with Crippen molar-refractivity contribution >= 4 is 5.69 Å². The maximum atomic E-state index is 5.10. The Morgan fingerprint density at radius 3 is 1.80 bits per heavy atom. The first-order valence-electron chi connectivity index (χ1n) is 2.45. The first kappa shape index (κ1) is 11.7. The molecule has 0 fully saturated rings. The van der Waals surface area contributed by atoms with Gasteiger partial charge < -0.3 is 16.4 Å². The van der Waals surface area contributed by atoms with Crippen LogP contribution in [0.3, 0.4) is 0 Å². The predicted octanol–water partition coefficient (Wildman–Crippen LogP) is -0.677. The van der Waals surface area contributed by atoms with Crippen molar-refractivity contribution < 1.29 is 11.0 Å². The quantitative estimate of drug-likeness (QED) is 0.403. The maximum absolute atomic E-state index is 5.10. The summed E-state index contributed by atoms with van der Waals surface area (Å²) < 4.78 is 0. The number of nitrogen functional groups attached to an aromatic ring is 1. The lowest BCUT2D eigenvalue weighted by Gasteiger charge is -1.94. The Morgan fingerprint density at radius 1 is 1.00 bits per heavy atom. The third kappa shape index (κ3) is 3.03. The van der Waals surface area contributed by atoms with Crippen molar-refractivity contribution in [1.29, 1.82) is 0 Å². The topological polar surface area (TPSA) is 101 Å². The van der Waals surface area contributed by atoms with Gasteiger partial charge in [0, 0.05) is 5.69 Å². The summed E-state index contributed by atoms with van der Waals surface area (Å²) >= 11 is 0. The van der Waals surface area contributed by atoms with E-state index in [4.69, 9.17) is 5.84 Å². The van der Waals surface area contributed by atoms with Crippen LogP contribution in [0, 0.1) is 0 Å². The average molecular weight is 144 g/mol. The molecule has 0 spiro atoms. The van der Waals surface area contributed by atoms with Crippen LogP contribution in [0.15, 0.2) is 30.3 Å². The summed E-state index contributed by atoms with van der Waals surface area (Å²) in [5.41, 5.74) is 3.46. The van der Waals surface area contributed by atoms with Crippen LogP contribution in [-0.2, 0) is 0 Å². The van der Waals surface area contributed by atoms with Gasteiger partial charge >= 0.3 is 0 Å². The molecule has 10 heavy (non-hydrogen) atoms. The summed E-state index contributed by atoms with van der Waals surface area (Å²) in [5, 5.41) is 0. The van der Waals surface area contributed by atoms with E-state index in [0.29, 0.717) is 0 Å². The number of anilines is 1. The molecule has 0 heterocycles. The Kier molecular flexibility index (Phi) is 7.03. The highest BCUT2D eigenvalue weighted by molar-refractivity contribution is 5.40. The Labute approximate surface area is 59.3 Å². The van der Waals surface area contributed by atoms with Gasteiger partial charge in [-0.15, -0.1) is 0 Å². The lowest BCUT2D eigenvalue weighted by atomic mass is 10.3. The monoisotopic (exact) mass is 144 g/mol. The van der Waals surface area contributed by atoms with Crippen molar-refractivity contribution in [2.75, 3.05) is 5.43 Å². The molecule has 0 aliphatic rings. The molecule has 7 N–H and O–H groups in total. The average Bonchev–Trinajstić information content (AvgIpc) is 1.90. The van der Waals surface area contributed by atoms with Gasteiger partial charge in [0.15, 0.2) is 0 Å². The maximum Gasteiger partial charge on any atom is 0.0485 e. The summed E-state index contributed by atoms with van der Waals surface area (Å²) in [7, 11) is 0. The van der Waals surface area contributed by atoms with Crippen molar-refractivity contribution in [1.82, 2.24) is 0 Å². The molecular weight excluding hydrogens is 132 g/mol. The highest BCUT2D eigenvalue weighted by atomic mass is 16.0. The number of rotatable bonds is 1. The van der Waals surface area contributed by atoms with Crippen LogP contribution in [0.1, 0.15) is 0 Å². The highest BCUT2D eigenvalue weighted by Crippen LogP contribution is 2.00. The first-order valence-corrected chi connectivity index (χ1v) is 2.45. The molecule has 58 valence electrons. The van der Waals surface area contributed by atoms with Gasteiger partial charge in [-0.3, -0.25) is 5.84 Å². The number of para-hydroxylation sites is 1. The molecule has 1 aromatic rings. The highest BCUT2D eigenvalue weighted by Gasteiger charge is 1.78. The zero-order valence-electron chi connectivity index (χ0n) is 5.46. The lowest BCUT2D eigenvalue weighted by Crippen LogP contribution is -2.05. The molecule has 0 aromatic heterocycles. The minimum atomic E-state index is 0. The van der Waals surface area contributed by atoms with E-state index in [9.17, 15) is 0 Å². The van der Waals surface area contributed by atoms with Gasteiger partial charge in [-0.25, -0.2) is 0 Å². The molecule has 0 radical (unpaired) electrons. The fraction of sp³-hybridized carbons (Fsp3) is 0. The standard InChI is InChI=1S/C6H8N2.2H2O/c7-8-6-4-2-1-3-5-6;;/h1-5,8H,7H2;2*1H2. The third-order valence-corrected chi connectivity index (χ3v) is 0.940. The summed E-state index contributed by atoms with van der Waals surface area (Å²) in [6, 6.07) is 9.60. The molecule has 1 aromatic carbocycles. The molecule has 0 aliphatic carbocycles. The Balaban J connectivity index is 0. The van der Waals surface area contributed by atoms with Gasteiger partial charge in [-0.1, -0.05) is 18.2 Å². The molecule has 1 rings (SSSR count). The Morgan fingerprint density at radius 2 is 1.50 bits per heavy atom. The first-order chi connectivity index (χ1) is 3.93. The Bertz CT molecular complexity index is 155. The molecule has 0 amide bonds. The molecule has 0 atom stereocenters. The van der Waals surface area contributed by atoms with Crippen LogP contribution in [0.5, 0.6) is 0 Å². The fourth-order valence-corrected chi connectivity index (χ4v) is 0.534. The van der Waals surface area contributed by atoms with Crippen LogP contribution >= 0.6 is 0 Å². The lowest BCUT2D eigenvalue weighted by molar-refractivity contribution is 0.823. The van der Waals surface area contributed by atoms with Gasteiger partial charge in [0.2, 0.25) is 0 Å². The minimum absolute atomic E-state index is 0. The van der Waals surface area contributed by atoms with E-state index < -0.39 is 0 Å². The zero-order valence-corrected chi connectivity index (χ0v) is 5.46. The van der Waals surface area contributed by atoms with E-state index in [1.807, 2.05) is 30.3 Å². The fourth-order valence-electron chi connectivity index (χ4n) is 0.534. The van der Waals surface area contributed by atoms with Crippen LogP contribution in [0.4, 0.5) is 5.69 Å². The van der Waals surface area contributed by atoms with Crippen molar-refractivity contribution in [2.45, 2.75) is 0 Å².